The lowest BCUT2D eigenvalue weighted by Gasteiger charge is -2.39. The molecule has 1 aliphatic carbocycles. The molecule has 0 spiro atoms. The zero-order valence-corrected chi connectivity index (χ0v) is 10.9. The zero-order chi connectivity index (χ0) is 12.4. The summed E-state index contributed by atoms with van der Waals surface area (Å²) in [5.41, 5.74) is 6.00. The van der Waals surface area contributed by atoms with Gasteiger partial charge in [0.1, 0.15) is 0 Å². The molecule has 1 aliphatic heterocycles. The van der Waals surface area contributed by atoms with Crippen LogP contribution in [0.5, 0.6) is 0 Å². The minimum Gasteiger partial charge on any atom is -0.374 e. The summed E-state index contributed by atoms with van der Waals surface area (Å²) in [4.78, 5) is 14.3. The van der Waals surface area contributed by atoms with E-state index in [2.05, 4.69) is 13.8 Å². The van der Waals surface area contributed by atoms with E-state index in [1.807, 2.05) is 4.90 Å². The van der Waals surface area contributed by atoms with Gasteiger partial charge in [0.25, 0.3) is 0 Å². The molecule has 4 heteroatoms. The van der Waals surface area contributed by atoms with Crippen LogP contribution in [0.2, 0.25) is 0 Å². The molecule has 0 aromatic carbocycles. The van der Waals surface area contributed by atoms with E-state index in [1.165, 1.54) is 6.42 Å². The third-order valence-corrected chi connectivity index (χ3v) is 3.81. The normalized spacial score (nSPS) is 30.5. The number of morpholine rings is 1. The molecule has 98 valence electrons. The summed E-state index contributed by atoms with van der Waals surface area (Å²) in [6.07, 6.45) is 4.36. The van der Waals surface area contributed by atoms with E-state index in [0.29, 0.717) is 19.1 Å². The Morgan fingerprint density at radius 3 is 2.94 bits per heavy atom. The molecular weight excluding hydrogens is 216 g/mol. The number of rotatable bonds is 3. The number of nitrogens with two attached hydrogens (primary N) is 1. The molecule has 3 atom stereocenters. The molecule has 0 bridgehead atoms. The Balaban J connectivity index is 1.98. The lowest BCUT2D eigenvalue weighted by atomic mass is 10.0. The van der Waals surface area contributed by atoms with Gasteiger partial charge in [0.15, 0.2) is 0 Å². The number of hydrogen-bond acceptors (Lipinski definition) is 3. The minimum absolute atomic E-state index is 0.124. The van der Waals surface area contributed by atoms with Crippen LogP contribution in [-0.4, -0.2) is 42.1 Å². The Morgan fingerprint density at radius 2 is 2.24 bits per heavy atom. The van der Waals surface area contributed by atoms with Gasteiger partial charge >= 0.3 is 0 Å². The fraction of sp³-hybridized carbons (Fsp3) is 0.923. The Kier molecular flexibility index (Phi) is 4.05. The van der Waals surface area contributed by atoms with Crippen molar-refractivity contribution in [2.45, 2.75) is 57.7 Å². The lowest BCUT2D eigenvalue weighted by molar-refractivity contribution is -0.145. The van der Waals surface area contributed by atoms with Crippen molar-refractivity contribution in [1.82, 2.24) is 4.90 Å². The quantitative estimate of drug-likeness (QED) is 0.805. The summed E-state index contributed by atoms with van der Waals surface area (Å²) >= 11 is 0. The van der Waals surface area contributed by atoms with Gasteiger partial charge < -0.3 is 15.4 Å². The smallest absolute Gasteiger partial charge is 0.239 e. The Labute approximate surface area is 103 Å². The predicted molar refractivity (Wildman–Crippen MR) is 66.5 cm³/mol. The highest BCUT2D eigenvalue weighted by molar-refractivity contribution is 5.82. The van der Waals surface area contributed by atoms with Crippen LogP contribution >= 0.6 is 0 Å². The Morgan fingerprint density at radius 1 is 1.47 bits per heavy atom. The van der Waals surface area contributed by atoms with Gasteiger partial charge in [0, 0.05) is 6.54 Å². The van der Waals surface area contributed by atoms with Gasteiger partial charge in [-0.2, -0.15) is 0 Å². The molecule has 17 heavy (non-hydrogen) atoms. The second kappa shape index (κ2) is 5.36. The van der Waals surface area contributed by atoms with E-state index in [1.54, 1.807) is 0 Å². The van der Waals surface area contributed by atoms with Crippen molar-refractivity contribution >= 4 is 5.91 Å². The highest BCUT2D eigenvalue weighted by atomic mass is 16.5. The maximum absolute atomic E-state index is 12.3. The van der Waals surface area contributed by atoms with Gasteiger partial charge in [-0.25, -0.2) is 0 Å². The number of fused-ring (bicyclic) bond motifs is 1. The van der Waals surface area contributed by atoms with Crippen LogP contribution < -0.4 is 5.73 Å². The van der Waals surface area contributed by atoms with Crippen molar-refractivity contribution in [2.75, 3.05) is 13.2 Å². The number of hydrogen-bond donors (Lipinski definition) is 1. The summed E-state index contributed by atoms with van der Waals surface area (Å²) in [7, 11) is 0. The molecule has 1 saturated carbocycles. The van der Waals surface area contributed by atoms with E-state index in [4.69, 9.17) is 10.5 Å². The van der Waals surface area contributed by atoms with Gasteiger partial charge in [-0.05, 0) is 31.6 Å². The summed E-state index contributed by atoms with van der Waals surface area (Å²) in [6.45, 7) is 5.59. The molecule has 1 saturated heterocycles. The summed E-state index contributed by atoms with van der Waals surface area (Å²) in [5, 5.41) is 0. The number of nitrogens with zero attached hydrogens (tertiary/aromatic N) is 1. The van der Waals surface area contributed by atoms with Crippen molar-refractivity contribution in [3.05, 3.63) is 0 Å². The van der Waals surface area contributed by atoms with Crippen LogP contribution in [0.4, 0.5) is 0 Å². The maximum atomic E-state index is 12.3. The largest absolute Gasteiger partial charge is 0.374 e. The topological polar surface area (TPSA) is 55.6 Å². The van der Waals surface area contributed by atoms with Crippen LogP contribution in [0, 0.1) is 5.92 Å². The molecular formula is C13H24N2O2. The van der Waals surface area contributed by atoms with E-state index < -0.39 is 0 Å². The van der Waals surface area contributed by atoms with Crippen molar-refractivity contribution in [3.8, 4) is 0 Å². The van der Waals surface area contributed by atoms with E-state index in [-0.39, 0.29) is 24.1 Å². The second-order valence-corrected chi connectivity index (χ2v) is 5.68. The van der Waals surface area contributed by atoms with E-state index in [0.717, 1.165) is 19.3 Å². The Bertz CT molecular complexity index is 281. The molecule has 2 fully saturated rings. The molecule has 2 rings (SSSR count). The van der Waals surface area contributed by atoms with Gasteiger partial charge in [0.2, 0.25) is 5.91 Å². The standard InChI is InChI=1S/C13H24N2O2/c1-9(2)8-10(14)13(16)15-6-7-17-12-5-3-4-11(12)15/h9-12H,3-8,14H2,1-2H3. The molecule has 0 radical (unpaired) electrons. The average Bonchev–Trinajstić information content (AvgIpc) is 2.74. The SMILES string of the molecule is CC(C)CC(N)C(=O)N1CCOC2CCCC21. The number of amides is 1. The first-order valence-corrected chi connectivity index (χ1v) is 6.77. The van der Waals surface area contributed by atoms with Crippen molar-refractivity contribution in [1.29, 1.82) is 0 Å². The molecule has 4 nitrogen and oxygen atoms in total. The first-order valence-electron chi connectivity index (χ1n) is 6.77. The van der Waals surface area contributed by atoms with Gasteiger partial charge in [-0.1, -0.05) is 13.8 Å². The third kappa shape index (κ3) is 2.80. The minimum atomic E-state index is -0.339. The number of carbonyl (C=O) groups is 1. The molecule has 2 aliphatic rings. The monoisotopic (exact) mass is 240 g/mol. The zero-order valence-electron chi connectivity index (χ0n) is 10.9. The first-order chi connectivity index (χ1) is 8.09. The lowest BCUT2D eigenvalue weighted by Crippen LogP contribution is -2.55. The highest BCUT2D eigenvalue weighted by Crippen LogP contribution is 2.30. The average molecular weight is 240 g/mol. The fourth-order valence-electron chi connectivity index (χ4n) is 3.02. The van der Waals surface area contributed by atoms with Crippen molar-refractivity contribution in [3.63, 3.8) is 0 Å². The van der Waals surface area contributed by atoms with Crippen LogP contribution in [0.25, 0.3) is 0 Å². The van der Waals surface area contributed by atoms with Crippen LogP contribution in [0.1, 0.15) is 39.5 Å². The molecule has 0 aromatic heterocycles. The van der Waals surface area contributed by atoms with Gasteiger partial charge in [-0.3, -0.25) is 4.79 Å². The number of ether oxygens (including phenoxy) is 1. The summed E-state index contributed by atoms with van der Waals surface area (Å²) in [6, 6.07) is -0.0520. The summed E-state index contributed by atoms with van der Waals surface area (Å²) in [5.74, 6) is 0.591. The molecule has 3 unspecified atom stereocenters. The summed E-state index contributed by atoms with van der Waals surface area (Å²) < 4.78 is 5.71. The molecule has 2 N–H and O–H groups in total. The highest BCUT2D eigenvalue weighted by Gasteiger charge is 2.39. The predicted octanol–water partition coefficient (Wildman–Crippen LogP) is 1.14. The first kappa shape index (κ1) is 12.8. The fourth-order valence-corrected chi connectivity index (χ4v) is 3.02. The molecule has 0 aromatic rings. The van der Waals surface area contributed by atoms with Gasteiger partial charge in [0.05, 0.1) is 24.8 Å². The van der Waals surface area contributed by atoms with Crippen LogP contribution in [0.3, 0.4) is 0 Å². The van der Waals surface area contributed by atoms with Crippen LogP contribution in [0.15, 0.2) is 0 Å². The molecule has 1 heterocycles. The second-order valence-electron chi connectivity index (χ2n) is 5.68. The van der Waals surface area contributed by atoms with E-state index >= 15 is 0 Å². The van der Waals surface area contributed by atoms with Crippen molar-refractivity contribution < 1.29 is 9.53 Å². The third-order valence-electron chi connectivity index (χ3n) is 3.81. The van der Waals surface area contributed by atoms with E-state index in [9.17, 15) is 4.79 Å². The number of carbonyl (C=O) groups excluding carboxylic acids is 1. The molecule has 1 amide bonds. The maximum Gasteiger partial charge on any atom is 0.239 e. The Hall–Kier alpha value is -0.610. The van der Waals surface area contributed by atoms with Crippen LogP contribution in [-0.2, 0) is 9.53 Å². The van der Waals surface area contributed by atoms with Crippen molar-refractivity contribution in [2.24, 2.45) is 11.7 Å². The van der Waals surface area contributed by atoms with Gasteiger partial charge in [-0.15, -0.1) is 0 Å².